The molecular weight excluding hydrogens is 813 g/mol. The van der Waals surface area contributed by atoms with Crippen molar-refractivity contribution in [2.45, 2.75) is 65.5 Å². The molecule has 64 heavy (non-hydrogen) atoms. The van der Waals surface area contributed by atoms with E-state index in [2.05, 4.69) is 81.0 Å². The third kappa shape index (κ3) is 9.03. The van der Waals surface area contributed by atoms with Crippen LogP contribution in [0.25, 0.3) is 33.4 Å². The molecule has 17 nitrogen and oxygen atoms in total. The fourth-order valence-electron chi connectivity index (χ4n) is 8.82. The zero-order chi connectivity index (χ0) is 44.5. The summed E-state index contributed by atoms with van der Waals surface area (Å²) < 4.78 is 5.26. The molecule has 4 N–H and O–H groups in total. The number of aromatic nitrogens is 6. The lowest BCUT2D eigenvalue weighted by molar-refractivity contribution is -0.120. The van der Waals surface area contributed by atoms with E-state index >= 15 is 0 Å². The van der Waals surface area contributed by atoms with Crippen LogP contribution in [0.15, 0.2) is 71.5 Å². The van der Waals surface area contributed by atoms with E-state index in [-0.39, 0.29) is 36.3 Å². The van der Waals surface area contributed by atoms with Crippen LogP contribution in [-0.2, 0) is 23.4 Å². The number of pyridine rings is 2. The van der Waals surface area contributed by atoms with Crippen molar-refractivity contribution in [2.24, 2.45) is 5.92 Å². The lowest BCUT2D eigenvalue weighted by atomic mass is 9.95. The summed E-state index contributed by atoms with van der Waals surface area (Å²) in [6.45, 7) is 15.1. The van der Waals surface area contributed by atoms with Crippen molar-refractivity contribution in [3.8, 4) is 22.4 Å². The van der Waals surface area contributed by atoms with Crippen LogP contribution >= 0.6 is 0 Å². The summed E-state index contributed by atoms with van der Waals surface area (Å²) in [6, 6.07) is 17.8. The maximum atomic E-state index is 12.8. The maximum Gasteiger partial charge on any atom is 0.328 e. The number of piperazine rings is 1. The number of hydrogen-bond donors (Lipinski definition) is 4. The molecule has 4 amide bonds. The Morgan fingerprint density at radius 2 is 1.66 bits per heavy atom. The number of rotatable bonds is 11. The Morgan fingerprint density at radius 1 is 0.875 bits per heavy atom. The van der Waals surface area contributed by atoms with E-state index in [1.807, 2.05) is 64.4 Å². The number of aromatic amines is 1. The van der Waals surface area contributed by atoms with Crippen molar-refractivity contribution in [2.75, 3.05) is 67.1 Å². The highest BCUT2D eigenvalue weighted by Crippen LogP contribution is 2.33. The molecule has 17 heteroatoms. The summed E-state index contributed by atoms with van der Waals surface area (Å²) in [5.41, 5.74) is 8.13. The smallest absolute Gasteiger partial charge is 0.328 e. The molecule has 3 aliphatic heterocycles. The summed E-state index contributed by atoms with van der Waals surface area (Å²) in [4.78, 5) is 59.6. The molecule has 0 atom stereocenters. The van der Waals surface area contributed by atoms with Gasteiger partial charge in [0.25, 0.3) is 11.7 Å². The largest absolute Gasteiger partial charge is 0.392 e. The van der Waals surface area contributed by atoms with Gasteiger partial charge in [-0.05, 0) is 84.8 Å². The predicted molar refractivity (Wildman–Crippen MR) is 243 cm³/mol. The minimum Gasteiger partial charge on any atom is -0.392 e. The highest BCUT2D eigenvalue weighted by Gasteiger charge is 2.28. The number of anilines is 3. The summed E-state index contributed by atoms with van der Waals surface area (Å²) >= 11 is 0. The molecule has 3 saturated heterocycles. The molecule has 3 fully saturated rings. The molecule has 9 rings (SSSR count). The Bertz CT molecular complexity index is 2670. The molecule has 3 aliphatic rings. The number of imide groups is 1. The number of amides is 4. The molecule has 0 unspecified atom stereocenters. The summed E-state index contributed by atoms with van der Waals surface area (Å²) in [7, 11) is 0. The van der Waals surface area contributed by atoms with Gasteiger partial charge in [0.05, 0.1) is 6.61 Å². The Hall–Kier alpha value is -6.72. The number of fused-ring (bicyclic) bond motifs is 1. The van der Waals surface area contributed by atoms with E-state index < -0.39 is 5.91 Å². The number of aryl methyl sites for hydroxylation is 1. The Morgan fingerprint density at radius 3 is 2.36 bits per heavy atom. The van der Waals surface area contributed by atoms with Crippen LogP contribution in [0.3, 0.4) is 0 Å². The van der Waals surface area contributed by atoms with Crippen molar-refractivity contribution >= 4 is 46.1 Å². The average Bonchev–Trinajstić information content (AvgIpc) is 3.98. The van der Waals surface area contributed by atoms with Gasteiger partial charge in [-0.15, -0.1) is 0 Å². The number of nitrogens with one attached hydrogen (secondary N) is 3. The highest BCUT2D eigenvalue weighted by molar-refractivity contribution is 6.06. The van der Waals surface area contributed by atoms with Gasteiger partial charge in [-0.1, -0.05) is 38.1 Å². The number of H-pyrrole nitrogens is 1. The second kappa shape index (κ2) is 17.8. The molecule has 4 aromatic heterocycles. The van der Waals surface area contributed by atoms with E-state index in [0.717, 1.165) is 103 Å². The average molecular weight is 867 g/mol. The lowest BCUT2D eigenvalue weighted by Crippen LogP contribution is -2.49. The van der Waals surface area contributed by atoms with Crippen LogP contribution in [0.1, 0.15) is 73.2 Å². The lowest BCUT2D eigenvalue weighted by Gasteiger charge is -2.40. The molecular formula is C47H54N12O5. The van der Waals surface area contributed by atoms with Gasteiger partial charge in [0.15, 0.2) is 5.65 Å². The zero-order valence-electron chi connectivity index (χ0n) is 36.7. The number of hydrogen-bond acceptors (Lipinski definition) is 13. The molecule has 0 spiro atoms. The number of aliphatic hydroxyl groups excluding tert-OH is 1. The first-order valence-electron chi connectivity index (χ1n) is 22.0. The monoisotopic (exact) mass is 866 g/mol. The van der Waals surface area contributed by atoms with E-state index in [1.54, 1.807) is 4.90 Å². The summed E-state index contributed by atoms with van der Waals surface area (Å²) in [5.74, 6) is 1.28. The normalized spacial score (nSPS) is 16.7. The maximum absolute atomic E-state index is 12.8. The quantitative estimate of drug-likeness (QED) is 0.126. The minimum absolute atomic E-state index is 0.0353. The molecule has 0 bridgehead atoms. The van der Waals surface area contributed by atoms with E-state index in [9.17, 15) is 19.5 Å². The van der Waals surface area contributed by atoms with Crippen LogP contribution in [0.4, 0.5) is 22.0 Å². The van der Waals surface area contributed by atoms with Gasteiger partial charge in [0.2, 0.25) is 11.8 Å². The Kier molecular flexibility index (Phi) is 11.8. The third-order valence-electron chi connectivity index (χ3n) is 12.6. The van der Waals surface area contributed by atoms with Gasteiger partial charge < -0.3 is 24.7 Å². The second-order valence-corrected chi connectivity index (χ2v) is 18.0. The van der Waals surface area contributed by atoms with Crippen LogP contribution in [0, 0.1) is 12.8 Å². The molecule has 7 heterocycles. The first-order valence-corrected chi connectivity index (χ1v) is 22.0. The number of benzene rings is 2. The van der Waals surface area contributed by atoms with Crippen molar-refractivity contribution in [1.82, 2.24) is 45.8 Å². The molecule has 0 saturated carbocycles. The first kappa shape index (κ1) is 42.6. The zero-order valence-corrected chi connectivity index (χ0v) is 36.7. The van der Waals surface area contributed by atoms with Gasteiger partial charge >= 0.3 is 6.03 Å². The SMILES string of the molecule is Cc1cc(N2CCC(CN3CCN(c4ccc(-c5cnc6[nH]nc(-c7ccc(CNC(=O)c8noc(C(C)(C)C)n8)c(CO)c7)c6c5)cn4)CC3)CC2)ccc1N1CCC(=O)NC1=O. The fourth-order valence-corrected chi connectivity index (χ4v) is 8.82. The topological polar surface area (TPSA) is 202 Å². The summed E-state index contributed by atoms with van der Waals surface area (Å²) in [6.07, 6.45) is 6.33. The van der Waals surface area contributed by atoms with Gasteiger partial charge in [-0.3, -0.25) is 29.8 Å². The first-order chi connectivity index (χ1) is 30.9. The van der Waals surface area contributed by atoms with Crippen molar-refractivity contribution in [3.63, 3.8) is 0 Å². The highest BCUT2D eigenvalue weighted by atomic mass is 16.5. The predicted octanol–water partition coefficient (Wildman–Crippen LogP) is 5.58. The molecule has 2 aromatic carbocycles. The second-order valence-electron chi connectivity index (χ2n) is 18.0. The molecule has 0 aliphatic carbocycles. The number of urea groups is 1. The van der Waals surface area contributed by atoms with Crippen molar-refractivity contribution in [3.05, 3.63) is 95.4 Å². The Balaban J connectivity index is 0.771. The van der Waals surface area contributed by atoms with Crippen LogP contribution < -0.4 is 25.3 Å². The van der Waals surface area contributed by atoms with Crippen molar-refractivity contribution in [1.29, 1.82) is 0 Å². The summed E-state index contributed by atoms with van der Waals surface area (Å²) in [5, 5.41) is 27.8. The van der Waals surface area contributed by atoms with Gasteiger partial charge in [0, 0.05) is 117 Å². The van der Waals surface area contributed by atoms with Crippen molar-refractivity contribution < 1.29 is 24.0 Å². The third-order valence-corrected chi connectivity index (χ3v) is 12.6. The number of piperidine rings is 1. The molecule has 0 radical (unpaired) electrons. The fraction of sp³-hybridized carbons (Fsp3) is 0.404. The Labute approximate surface area is 371 Å². The molecule has 6 aromatic rings. The number of carbonyl (C=O) groups is 3. The number of nitrogens with zero attached hydrogens (tertiary/aromatic N) is 9. The van der Waals surface area contributed by atoms with E-state index in [1.165, 1.54) is 5.69 Å². The van der Waals surface area contributed by atoms with Gasteiger partial charge in [-0.2, -0.15) is 10.1 Å². The van der Waals surface area contributed by atoms with E-state index in [0.29, 0.717) is 41.7 Å². The van der Waals surface area contributed by atoms with Crippen LogP contribution in [0.5, 0.6) is 0 Å². The van der Waals surface area contributed by atoms with Gasteiger partial charge in [0.1, 0.15) is 11.5 Å². The minimum atomic E-state index is -0.459. The van der Waals surface area contributed by atoms with Gasteiger partial charge in [-0.25, -0.2) is 14.8 Å². The van der Waals surface area contributed by atoms with Crippen LogP contribution in [-0.4, -0.2) is 111 Å². The number of carbonyl (C=O) groups excluding carboxylic acids is 3. The van der Waals surface area contributed by atoms with Crippen LogP contribution in [0.2, 0.25) is 0 Å². The number of aliphatic hydroxyl groups is 1. The molecule has 332 valence electrons. The van der Waals surface area contributed by atoms with E-state index in [4.69, 9.17) is 9.51 Å². The standard InChI is InChI=1S/C47H54N12O5/c1-29-21-36(8-9-38(29)59-16-13-40(61)51-46(59)63)57-14-11-30(12-15-57)27-56-17-19-58(20-18-56)39-10-7-32(24-48-39)34-23-37-41(53-54-42(37)49-26-34)31-5-6-33(35(22-31)28-60)25-50-44(62)43-52-45(64-55-43)47(2,3)4/h5-10,21-24,26,30,60H,11-20,25,27-28H2,1-4H3,(H,50,62)(H,49,53,54)(H,51,61,63).